The highest BCUT2D eigenvalue weighted by Crippen LogP contribution is 2.32. The summed E-state index contributed by atoms with van der Waals surface area (Å²) in [5, 5.41) is 38.7. The highest BCUT2D eigenvalue weighted by Gasteiger charge is 2.44. The third-order valence-electron chi connectivity index (χ3n) is 3.64. The molecule has 7 nitrogen and oxygen atoms in total. The molecule has 128 valence electrons. The first kappa shape index (κ1) is 17.7. The lowest BCUT2D eigenvalue weighted by molar-refractivity contribution is -0.277. The topological polar surface area (TPSA) is 109 Å². The van der Waals surface area contributed by atoms with Crippen molar-refractivity contribution in [3.8, 4) is 11.5 Å². The van der Waals surface area contributed by atoms with E-state index in [4.69, 9.17) is 14.2 Å². The van der Waals surface area contributed by atoms with E-state index in [0.29, 0.717) is 11.5 Å². The molecule has 0 amide bonds. The molecule has 4 N–H and O–H groups in total. The van der Waals surface area contributed by atoms with Crippen molar-refractivity contribution in [2.75, 3.05) is 13.7 Å². The van der Waals surface area contributed by atoms with Gasteiger partial charge in [-0.1, -0.05) is 18.2 Å². The molecule has 1 aliphatic heterocycles. The molecule has 7 heteroatoms. The van der Waals surface area contributed by atoms with Crippen molar-refractivity contribution in [3.05, 3.63) is 29.8 Å². The molecule has 0 aromatic heterocycles. The lowest BCUT2D eigenvalue weighted by atomic mass is 9.99. The van der Waals surface area contributed by atoms with Gasteiger partial charge in [-0.15, -0.1) is 0 Å². The van der Waals surface area contributed by atoms with Crippen LogP contribution in [-0.2, 0) is 4.74 Å². The quantitative estimate of drug-likeness (QED) is 0.599. The predicted molar refractivity (Wildman–Crippen MR) is 82.1 cm³/mol. The van der Waals surface area contributed by atoms with Crippen LogP contribution in [0.1, 0.15) is 12.5 Å². The average Bonchev–Trinajstić information content (AvgIpc) is 2.56. The molecule has 23 heavy (non-hydrogen) atoms. The van der Waals surface area contributed by atoms with Crippen LogP contribution < -0.4 is 9.47 Å². The van der Waals surface area contributed by atoms with E-state index < -0.39 is 37.3 Å². The second-order valence-electron chi connectivity index (χ2n) is 5.23. The van der Waals surface area contributed by atoms with Gasteiger partial charge in [-0.05, 0) is 24.6 Å². The SMILES string of the molecule is C/C=C/c1ccc(O[C@@H]2O[C@H](CO)[C@H](O)[C@H](O)[C@H]2O)c(OC)c1. The number of hydrogen-bond donors (Lipinski definition) is 4. The van der Waals surface area contributed by atoms with E-state index in [1.807, 2.05) is 19.1 Å². The van der Waals surface area contributed by atoms with Gasteiger partial charge in [0.1, 0.15) is 24.4 Å². The van der Waals surface area contributed by atoms with Crippen molar-refractivity contribution in [1.82, 2.24) is 0 Å². The fourth-order valence-corrected chi connectivity index (χ4v) is 2.37. The summed E-state index contributed by atoms with van der Waals surface area (Å²) < 4.78 is 16.1. The fraction of sp³-hybridized carbons (Fsp3) is 0.500. The van der Waals surface area contributed by atoms with Gasteiger partial charge in [-0.3, -0.25) is 0 Å². The van der Waals surface area contributed by atoms with Crippen molar-refractivity contribution in [2.45, 2.75) is 37.6 Å². The zero-order valence-electron chi connectivity index (χ0n) is 13.0. The third kappa shape index (κ3) is 3.82. The maximum Gasteiger partial charge on any atom is 0.229 e. The Morgan fingerprint density at radius 3 is 2.48 bits per heavy atom. The van der Waals surface area contributed by atoms with Crippen LogP contribution in [0.2, 0.25) is 0 Å². The molecular formula is C16H22O7. The largest absolute Gasteiger partial charge is 0.493 e. The second kappa shape index (κ2) is 7.76. The van der Waals surface area contributed by atoms with E-state index in [1.54, 1.807) is 18.2 Å². The minimum atomic E-state index is -1.49. The first-order valence-electron chi connectivity index (χ1n) is 7.29. The lowest BCUT2D eigenvalue weighted by Gasteiger charge is -2.39. The summed E-state index contributed by atoms with van der Waals surface area (Å²) in [4.78, 5) is 0. The Labute approximate surface area is 134 Å². The number of hydrogen-bond acceptors (Lipinski definition) is 7. The average molecular weight is 326 g/mol. The molecule has 0 unspecified atom stereocenters. The maximum absolute atomic E-state index is 9.99. The molecule has 0 radical (unpaired) electrons. The van der Waals surface area contributed by atoms with Crippen LogP contribution in [0, 0.1) is 0 Å². The number of benzene rings is 1. The molecule has 5 atom stereocenters. The molecule has 1 heterocycles. The Morgan fingerprint density at radius 2 is 1.87 bits per heavy atom. The van der Waals surface area contributed by atoms with Crippen molar-refractivity contribution in [2.24, 2.45) is 0 Å². The van der Waals surface area contributed by atoms with Gasteiger partial charge in [0.25, 0.3) is 0 Å². The zero-order valence-corrected chi connectivity index (χ0v) is 13.0. The Morgan fingerprint density at radius 1 is 1.13 bits per heavy atom. The van der Waals surface area contributed by atoms with Crippen molar-refractivity contribution in [3.63, 3.8) is 0 Å². The normalized spacial score (nSPS) is 31.3. The molecule has 1 saturated heterocycles. The van der Waals surface area contributed by atoms with Gasteiger partial charge >= 0.3 is 0 Å². The Hall–Kier alpha value is -1.64. The van der Waals surface area contributed by atoms with Gasteiger partial charge in [-0.25, -0.2) is 0 Å². The van der Waals surface area contributed by atoms with Gasteiger partial charge in [0.2, 0.25) is 6.29 Å². The van der Waals surface area contributed by atoms with Crippen molar-refractivity contribution < 1.29 is 34.6 Å². The predicted octanol–water partition coefficient (Wildman–Crippen LogP) is -0.0930. The van der Waals surface area contributed by atoms with E-state index >= 15 is 0 Å². The summed E-state index contributed by atoms with van der Waals surface area (Å²) >= 11 is 0. The second-order valence-corrected chi connectivity index (χ2v) is 5.23. The van der Waals surface area contributed by atoms with Gasteiger partial charge in [0, 0.05) is 0 Å². The monoisotopic (exact) mass is 326 g/mol. The van der Waals surface area contributed by atoms with Gasteiger partial charge in [0.15, 0.2) is 11.5 Å². The molecule has 2 rings (SSSR count). The van der Waals surface area contributed by atoms with Crippen LogP contribution >= 0.6 is 0 Å². The Bertz CT molecular complexity index is 543. The van der Waals surface area contributed by atoms with Crippen molar-refractivity contribution in [1.29, 1.82) is 0 Å². The first-order chi connectivity index (χ1) is 11.0. The maximum atomic E-state index is 9.99. The summed E-state index contributed by atoms with van der Waals surface area (Å²) in [5.74, 6) is 0.739. The minimum Gasteiger partial charge on any atom is -0.493 e. The van der Waals surface area contributed by atoms with E-state index in [1.165, 1.54) is 7.11 Å². The number of methoxy groups -OCH3 is 1. The molecule has 0 bridgehead atoms. The summed E-state index contributed by atoms with van der Waals surface area (Å²) in [7, 11) is 1.48. The first-order valence-corrected chi connectivity index (χ1v) is 7.29. The molecule has 0 aliphatic carbocycles. The molecule has 1 aromatic rings. The molecule has 1 aliphatic rings. The number of rotatable bonds is 5. The van der Waals surface area contributed by atoms with Crippen LogP contribution in [-0.4, -0.2) is 64.8 Å². The van der Waals surface area contributed by atoms with E-state index in [-0.39, 0.29) is 0 Å². The van der Waals surface area contributed by atoms with Crippen LogP contribution in [0.25, 0.3) is 6.08 Å². The molecule has 0 spiro atoms. The summed E-state index contributed by atoms with van der Waals surface area (Å²) in [5.41, 5.74) is 0.908. The highest BCUT2D eigenvalue weighted by molar-refractivity contribution is 5.55. The zero-order chi connectivity index (χ0) is 17.0. The van der Waals surface area contributed by atoms with Gasteiger partial charge in [-0.2, -0.15) is 0 Å². The van der Waals surface area contributed by atoms with Crippen LogP contribution in [0.5, 0.6) is 11.5 Å². The van der Waals surface area contributed by atoms with E-state index in [9.17, 15) is 20.4 Å². The van der Waals surface area contributed by atoms with Gasteiger partial charge < -0.3 is 34.6 Å². The molecule has 1 aromatic carbocycles. The fourth-order valence-electron chi connectivity index (χ4n) is 2.37. The summed E-state index contributed by atoms with van der Waals surface area (Å²) in [6, 6.07) is 5.19. The van der Waals surface area contributed by atoms with E-state index in [2.05, 4.69) is 0 Å². The number of ether oxygens (including phenoxy) is 3. The standard InChI is InChI=1S/C16H22O7/c1-3-4-9-5-6-10(11(7-9)21-2)22-16-15(20)14(19)13(18)12(8-17)23-16/h3-7,12-20H,8H2,1-2H3/b4-3+/t12-,13+,14+,15-,16-/m1/s1. The summed E-state index contributed by atoms with van der Waals surface area (Å²) in [6.45, 7) is 1.38. The Kier molecular flexibility index (Phi) is 5.97. The third-order valence-corrected chi connectivity index (χ3v) is 3.64. The number of aliphatic hydroxyl groups is 4. The van der Waals surface area contributed by atoms with Crippen molar-refractivity contribution >= 4 is 6.08 Å². The lowest BCUT2D eigenvalue weighted by Crippen LogP contribution is -2.60. The minimum absolute atomic E-state index is 0.310. The smallest absolute Gasteiger partial charge is 0.229 e. The van der Waals surface area contributed by atoms with Crippen LogP contribution in [0.15, 0.2) is 24.3 Å². The molecule has 0 saturated carbocycles. The molecular weight excluding hydrogens is 304 g/mol. The van der Waals surface area contributed by atoms with Crippen LogP contribution in [0.3, 0.4) is 0 Å². The molecule has 1 fully saturated rings. The number of aliphatic hydroxyl groups excluding tert-OH is 4. The van der Waals surface area contributed by atoms with E-state index in [0.717, 1.165) is 5.56 Å². The van der Waals surface area contributed by atoms with Gasteiger partial charge in [0.05, 0.1) is 13.7 Å². The number of allylic oxidation sites excluding steroid dienone is 1. The highest BCUT2D eigenvalue weighted by atomic mass is 16.7. The Balaban J connectivity index is 2.20. The summed E-state index contributed by atoms with van der Waals surface area (Å²) in [6.07, 6.45) is -2.87. The van der Waals surface area contributed by atoms with Crippen LogP contribution in [0.4, 0.5) is 0 Å².